The molecule has 5 heterocycles. The third-order valence-electron chi connectivity index (χ3n) is 4.84. The maximum absolute atomic E-state index is 13.1. The largest absolute Gasteiger partial charge is 0.323 e. The lowest BCUT2D eigenvalue weighted by Gasteiger charge is -2.04. The Morgan fingerprint density at radius 3 is 2.93 bits per heavy atom. The van der Waals surface area contributed by atoms with Gasteiger partial charge in [-0.25, -0.2) is 9.67 Å². The van der Waals surface area contributed by atoms with E-state index in [0.717, 1.165) is 45.8 Å². The Balaban J connectivity index is 1.58. The molecule has 0 atom stereocenters. The monoisotopic (exact) mass is 416 g/mol. The van der Waals surface area contributed by atoms with Crippen molar-refractivity contribution in [2.45, 2.75) is 19.4 Å². The van der Waals surface area contributed by atoms with E-state index >= 15 is 0 Å². The predicted molar refractivity (Wildman–Crippen MR) is 109 cm³/mol. The van der Waals surface area contributed by atoms with Crippen LogP contribution < -0.4 is 11.0 Å². The van der Waals surface area contributed by atoms with Crippen LogP contribution in [0.25, 0.3) is 21.3 Å². The highest BCUT2D eigenvalue weighted by Gasteiger charge is 2.20. The van der Waals surface area contributed by atoms with Crippen molar-refractivity contribution in [1.29, 1.82) is 0 Å². The third-order valence-corrected chi connectivity index (χ3v) is 6.23. The second-order valence-corrected chi connectivity index (χ2v) is 8.29. The van der Waals surface area contributed by atoms with E-state index in [4.69, 9.17) is 16.6 Å². The first-order valence-corrected chi connectivity index (χ1v) is 10.0. The fraction of sp³-hybridized carbons (Fsp3) is 0.353. The Hall–Kier alpha value is -2.72. The number of hydrogen-bond donors (Lipinski definition) is 1. The second-order valence-electron chi connectivity index (χ2n) is 6.80. The summed E-state index contributed by atoms with van der Waals surface area (Å²) in [6, 6.07) is 0. The van der Waals surface area contributed by atoms with Crippen molar-refractivity contribution in [2.75, 3.05) is 6.54 Å². The predicted octanol–water partition coefficient (Wildman–Crippen LogP) is 1.67. The van der Waals surface area contributed by atoms with E-state index in [-0.39, 0.29) is 12.1 Å². The Bertz CT molecular complexity index is 1310. The van der Waals surface area contributed by atoms with Crippen LogP contribution in [0.1, 0.15) is 17.1 Å². The van der Waals surface area contributed by atoms with Crippen molar-refractivity contribution in [3.63, 3.8) is 0 Å². The minimum atomic E-state index is -0.183. The van der Waals surface area contributed by atoms with Crippen LogP contribution >= 0.6 is 22.9 Å². The third kappa shape index (κ3) is 2.71. The average Bonchev–Trinajstić information content (AvgIpc) is 3.40. The maximum atomic E-state index is 13.1. The lowest BCUT2D eigenvalue weighted by molar-refractivity contribution is 0.619. The lowest BCUT2D eigenvalue weighted by atomic mass is 10.2. The summed E-state index contributed by atoms with van der Waals surface area (Å²) < 4.78 is 5.83. The zero-order valence-electron chi connectivity index (χ0n) is 15.3. The molecule has 0 aromatic carbocycles. The standard InChI is InChI=1S/C17H17ClN8OS/c1-24-7-11(18)12(23-24)8-26-17(27)14-10(6-20-26)15-16(25(14)2)21-13(28-15)5-9-3-4-19-22-9/h6-7,19H,3-5,8H2,1-2H3. The molecule has 0 spiro atoms. The van der Waals surface area contributed by atoms with Gasteiger partial charge in [0.2, 0.25) is 0 Å². The van der Waals surface area contributed by atoms with Gasteiger partial charge in [0, 0.05) is 50.8 Å². The van der Waals surface area contributed by atoms with Crippen molar-refractivity contribution in [2.24, 2.45) is 19.2 Å². The number of aryl methyl sites for hydroxylation is 2. The number of thiazole rings is 1. The van der Waals surface area contributed by atoms with E-state index in [0.29, 0.717) is 16.2 Å². The fourth-order valence-electron chi connectivity index (χ4n) is 3.50. The number of rotatable bonds is 4. The molecule has 0 saturated carbocycles. The van der Waals surface area contributed by atoms with Crippen molar-refractivity contribution < 1.29 is 0 Å². The fourth-order valence-corrected chi connectivity index (χ4v) is 4.88. The highest BCUT2D eigenvalue weighted by atomic mass is 35.5. The number of hydrazone groups is 1. The SMILES string of the molecule is Cn1cc(Cl)c(Cn2ncc3c4sc(CC5=NNCC5)nc4n(C)c3c2=O)n1. The Morgan fingerprint density at radius 1 is 1.36 bits per heavy atom. The summed E-state index contributed by atoms with van der Waals surface area (Å²) in [5, 5.41) is 15.3. The Labute approximate surface area is 168 Å². The first kappa shape index (κ1) is 17.4. The van der Waals surface area contributed by atoms with Crippen LogP contribution in [0.5, 0.6) is 0 Å². The van der Waals surface area contributed by atoms with Gasteiger partial charge in [0.25, 0.3) is 5.56 Å². The highest BCUT2D eigenvalue weighted by Crippen LogP contribution is 2.31. The van der Waals surface area contributed by atoms with Crippen molar-refractivity contribution in [3.8, 4) is 0 Å². The number of fused-ring (bicyclic) bond motifs is 3. The van der Waals surface area contributed by atoms with Crippen LogP contribution in [0.4, 0.5) is 0 Å². The maximum Gasteiger partial charge on any atom is 0.291 e. The molecule has 9 nitrogen and oxygen atoms in total. The molecule has 4 aromatic rings. The minimum Gasteiger partial charge on any atom is -0.323 e. The van der Waals surface area contributed by atoms with Crippen LogP contribution in [0.2, 0.25) is 5.02 Å². The molecule has 0 saturated heterocycles. The van der Waals surface area contributed by atoms with Gasteiger partial charge in [0.1, 0.15) is 16.2 Å². The molecule has 0 radical (unpaired) electrons. The van der Waals surface area contributed by atoms with E-state index in [1.807, 2.05) is 11.6 Å². The second kappa shape index (κ2) is 6.42. The van der Waals surface area contributed by atoms with E-state index in [1.165, 1.54) is 4.68 Å². The van der Waals surface area contributed by atoms with Gasteiger partial charge in [-0.3, -0.25) is 9.48 Å². The smallest absolute Gasteiger partial charge is 0.291 e. The van der Waals surface area contributed by atoms with Crippen LogP contribution in [-0.4, -0.2) is 41.4 Å². The van der Waals surface area contributed by atoms with Crippen molar-refractivity contribution >= 4 is 49.9 Å². The van der Waals surface area contributed by atoms with Crippen LogP contribution in [-0.2, 0) is 27.1 Å². The molecule has 1 aliphatic heterocycles. The van der Waals surface area contributed by atoms with E-state index in [1.54, 1.807) is 35.5 Å². The lowest BCUT2D eigenvalue weighted by Crippen LogP contribution is -2.25. The number of aromatic nitrogens is 6. The first-order valence-electron chi connectivity index (χ1n) is 8.81. The van der Waals surface area contributed by atoms with Crippen LogP contribution in [0.15, 0.2) is 22.3 Å². The zero-order valence-corrected chi connectivity index (χ0v) is 16.9. The van der Waals surface area contributed by atoms with Gasteiger partial charge in [-0.05, 0) is 0 Å². The molecule has 0 bridgehead atoms. The summed E-state index contributed by atoms with van der Waals surface area (Å²) in [5.41, 5.74) is 5.91. The minimum absolute atomic E-state index is 0.183. The van der Waals surface area contributed by atoms with Crippen LogP contribution in [0.3, 0.4) is 0 Å². The molecule has 144 valence electrons. The summed E-state index contributed by atoms with van der Waals surface area (Å²) in [6.07, 6.45) is 5.11. The summed E-state index contributed by atoms with van der Waals surface area (Å²) >= 11 is 7.77. The molecule has 5 rings (SSSR count). The molecule has 0 amide bonds. The number of nitrogens with one attached hydrogen (secondary N) is 1. The van der Waals surface area contributed by atoms with Gasteiger partial charge >= 0.3 is 0 Å². The van der Waals surface area contributed by atoms with Gasteiger partial charge < -0.3 is 9.99 Å². The summed E-state index contributed by atoms with van der Waals surface area (Å²) in [5.74, 6) is 0. The molecule has 1 aliphatic rings. The number of halogens is 1. The molecule has 28 heavy (non-hydrogen) atoms. The highest BCUT2D eigenvalue weighted by molar-refractivity contribution is 7.19. The zero-order chi connectivity index (χ0) is 19.4. The molecule has 0 unspecified atom stereocenters. The molecular formula is C17H17ClN8OS. The average molecular weight is 417 g/mol. The van der Waals surface area contributed by atoms with E-state index in [9.17, 15) is 4.79 Å². The van der Waals surface area contributed by atoms with Crippen molar-refractivity contribution in [3.05, 3.63) is 38.5 Å². The summed E-state index contributed by atoms with van der Waals surface area (Å²) in [6.45, 7) is 1.10. The summed E-state index contributed by atoms with van der Waals surface area (Å²) in [4.78, 5) is 17.8. The molecule has 0 aliphatic carbocycles. The molecule has 1 N–H and O–H groups in total. The normalized spacial score (nSPS) is 14.2. The topological polar surface area (TPSA) is 94.9 Å². The van der Waals surface area contributed by atoms with Gasteiger partial charge in [-0.15, -0.1) is 11.3 Å². The van der Waals surface area contributed by atoms with Gasteiger partial charge in [-0.2, -0.15) is 15.3 Å². The molecular weight excluding hydrogens is 400 g/mol. The Kier molecular flexibility index (Phi) is 3.98. The quantitative estimate of drug-likeness (QED) is 0.546. The van der Waals surface area contributed by atoms with Gasteiger partial charge in [0.05, 0.1) is 22.5 Å². The van der Waals surface area contributed by atoms with Gasteiger partial charge in [-0.1, -0.05) is 11.6 Å². The van der Waals surface area contributed by atoms with Crippen molar-refractivity contribution in [1.82, 2.24) is 34.5 Å². The van der Waals surface area contributed by atoms with E-state index < -0.39 is 0 Å². The number of nitrogens with zero attached hydrogens (tertiary/aromatic N) is 7. The molecule has 11 heteroatoms. The summed E-state index contributed by atoms with van der Waals surface area (Å²) in [7, 11) is 3.65. The van der Waals surface area contributed by atoms with Crippen LogP contribution in [0, 0.1) is 0 Å². The van der Waals surface area contributed by atoms with E-state index in [2.05, 4.69) is 20.7 Å². The number of hydrogen-bond acceptors (Lipinski definition) is 7. The molecule has 0 fully saturated rings. The first-order chi connectivity index (χ1) is 13.5. The Morgan fingerprint density at radius 2 is 2.21 bits per heavy atom. The van der Waals surface area contributed by atoms with Gasteiger partial charge in [0.15, 0.2) is 5.65 Å². The molecule has 4 aromatic heterocycles.